The largest absolute Gasteiger partial charge is 0.462 e. The normalized spacial score (nSPS) is 12.0. The molecule has 6 heteroatoms. The summed E-state index contributed by atoms with van der Waals surface area (Å²) >= 11 is 0. The van der Waals surface area contributed by atoms with Gasteiger partial charge in [0.1, 0.15) is 13.2 Å². The van der Waals surface area contributed by atoms with Crippen LogP contribution >= 0.6 is 0 Å². The van der Waals surface area contributed by atoms with Crippen molar-refractivity contribution in [1.29, 1.82) is 0 Å². The molecule has 0 rings (SSSR count). The first-order valence-corrected chi connectivity index (χ1v) is 29.7. The number of unbranched alkanes of at least 4 members (excludes halogenated alkanes) is 39. The van der Waals surface area contributed by atoms with Crippen molar-refractivity contribution < 1.29 is 28.6 Å². The van der Waals surface area contributed by atoms with Crippen LogP contribution in [-0.2, 0) is 28.6 Å². The van der Waals surface area contributed by atoms with Crippen molar-refractivity contribution in [2.24, 2.45) is 11.8 Å². The molecule has 0 aliphatic heterocycles. The summed E-state index contributed by atoms with van der Waals surface area (Å²) in [5.41, 5.74) is 0. The predicted octanol–water partition coefficient (Wildman–Crippen LogP) is 19.7. The summed E-state index contributed by atoms with van der Waals surface area (Å²) in [7, 11) is 0. The molecular weight excluding hydrogens is 817 g/mol. The molecule has 0 saturated heterocycles. The number of carbonyl (C=O) groups excluding carboxylic acids is 3. The van der Waals surface area contributed by atoms with Gasteiger partial charge < -0.3 is 14.2 Å². The van der Waals surface area contributed by atoms with Crippen molar-refractivity contribution >= 4 is 17.9 Å². The van der Waals surface area contributed by atoms with E-state index in [1.807, 2.05) is 0 Å². The standard InChI is InChI=1S/C60H116O6/c1-6-7-8-9-10-11-12-25-32-37-42-47-52-60(63)66-57(54-65-59(62)51-46-41-36-31-27-22-18-17-20-24-29-34-39-44-49-56(4)5)53-64-58(61)50-45-40-35-30-26-21-16-14-13-15-19-23-28-33-38-43-48-55(2)3/h55-57H,6-54H2,1-5H3/t57-/m1/s1. The van der Waals surface area contributed by atoms with Gasteiger partial charge in [0.2, 0.25) is 0 Å². The van der Waals surface area contributed by atoms with Crippen LogP contribution in [0.3, 0.4) is 0 Å². The maximum absolute atomic E-state index is 12.8. The number of ether oxygens (including phenoxy) is 3. The van der Waals surface area contributed by atoms with Crippen molar-refractivity contribution in [3.8, 4) is 0 Å². The molecule has 0 fully saturated rings. The van der Waals surface area contributed by atoms with Gasteiger partial charge in [-0.05, 0) is 31.1 Å². The lowest BCUT2D eigenvalue weighted by molar-refractivity contribution is -0.167. The lowest BCUT2D eigenvalue weighted by Crippen LogP contribution is -2.30. The summed E-state index contributed by atoms with van der Waals surface area (Å²) in [6.45, 7) is 11.4. The number of hydrogen-bond acceptors (Lipinski definition) is 6. The molecule has 0 bridgehead atoms. The number of esters is 3. The fraction of sp³-hybridized carbons (Fsp3) is 0.950. The zero-order valence-electron chi connectivity index (χ0n) is 45.3. The van der Waals surface area contributed by atoms with Crippen molar-refractivity contribution in [3.05, 3.63) is 0 Å². The monoisotopic (exact) mass is 933 g/mol. The van der Waals surface area contributed by atoms with E-state index in [2.05, 4.69) is 34.6 Å². The van der Waals surface area contributed by atoms with Crippen LogP contribution in [0.5, 0.6) is 0 Å². The lowest BCUT2D eigenvalue weighted by atomic mass is 10.0. The fourth-order valence-electron chi connectivity index (χ4n) is 9.23. The Hall–Kier alpha value is -1.59. The molecular formula is C60H116O6. The Bertz CT molecular complexity index is 1010. The average molecular weight is 934 g/mol. The van der Waals surface area contributed by atoms with Crippen LogP contribution in [-0.4, -0.2) is 37.2 Å². The summed E-state index contributed by atoms with van der Waals surface area (Å²) in [6, 6.07) is 0. The molecule has 0 N–H and O–H groups in total. The van der Waals surface area contributed by atoms with Crippen LogP contribution in [0, 0.1) is 11.8 Å². The first-order chi connectivity index (χ1) is 32.2. The zero-order valence-corrected chi connectivity index (χ0v) is 45.3. The van der Waals surface area contributed by atoms with E-state index in [-0.39, 0.29) is 31.1 Å². The molecule has 0 aromatic rings. The molecule has 0 saturated carbocycles. The van der Waals surface area contributed by atoms with E-state index >= 15 is 0 Å². The SMILES string of the molecule is CCCCCCCCCCCCCCC(=O)O[C@H](COC(=O)CCCCCCCCCCCCCCCCCCC(C)C)COC(=O)CCCCCCCCCCCCCCCCC(C)C. The van der Waals surface area contributed by atoms with E-state index < -0.39 is 6.10 Å². The van der Waals surface area contributed by atoms with Crippen LogP contribution < -0.4 is 0 Å². The van der Waals surface area contributed by atoms with Gasteiger partial charge in [0.15, 0.2) is 6.10 Å². The summed E-state index contributed by atoms with van der Waals surface area (Å²) in [6.07, 6.45) is 56.7. The third kappa shape index (κ3) is 53.4. The van der Waals surface area contributed by atoms with Gasteiger partial charge in [0.05, 0.1) is 0 Å². The second kappa shape index (κ2) is 52.8. The number of carbonyl (C=O) groups is 3. The predicted molar refractivity (Wildman–Crippen MR) is 284 cm³/mol. The van der Waals surface area contributed by atoms with E-state index in [4.69, 9.17) is 14.2 Å². The molecule has 0 aromatic heterocycles. The molecule has 1 atom stereocenters. The van der Waals surface area contributed by atoms with Crippen LogP contribution in [0.2, 0.25) is 0 Å². The highest BCUT2D eigenvalue weighted by Crippen LogP contribution is 2.18. The van der Waals surface area contributed by atoms with E-state index in [1.165, 1.54) is 225 Å². The Balaban J connectivity index is 4.25. The second-order valence-corrected chi connectivity index (χ2v) is 21.6. The quantitative estimate of drug-likeness (QED) is 0.0343. The summed E-state index contributed by atoms with van der Waals surface area (Å²) in [5, 5.41) is 0. The molecule has 0 unspecified atom stereocenters. The highest BCUT2D eigenvalue weighted by molar-refractivity contribution is 5.71. The molecule has 0 heterocycles. The Morgan fingerprint density at radius 2 is 0.500 bits per heavy atom. The summed E-state index contributed by atoms with van der Waals surface area (Å²) in [4.78, 5) is 38.1. The Morgan fingerprint density at radius 1 is 0.288 bits per heavy atom. The second-order valence-electron chi connectivity index (χ2n) is 21.6. The average Bonchev–Trinajstić information content (AvgIpc) is 3.29. The van der Waals surface area contributed by atoms with E-state index in [9.17, 15) is 14.4 Å². The number of hydrogen-bond donors (Lipinski definition) is 0. The van der Waals surface area contributed by atoms with Gasteiger partial charge in [0, 0.05) is 19.3 Å². The van der Waals surface area contributed by atoms with Gasteiger partial charge in [-0.15, -0.1) is 0 Å². The van der Waals surface area contributed by atoms with Crippen LogP contribution in [0.25, 0.3) is 0 Å². The van der Waals surface area contributed by atoms with E-state index in [0.29, 0.717) is 19.3 Å². The zero-order chi connectivity index (χ0) is 48.2. The fourth-order valence-corrected chi connectivity index (χ4v) is 9.23. The van der Waals surface area contributed by atoms with Crippen LogP contribution in [0.15, 0.2) is 0 Å². The van der Waals surface area contributed by atoms with Gasteiger partial charge in [-0.2, -0.15) is 0 Å². The molecule has 392 valence electrons. The van der Waals surface area contributed by atoms with E-state index in [0.717, 1.165) is 69.6 Å². The van der Waals surface area contributed by atoms with Gasteiger partial charge in [0.25, 0.3) is 0 Å². The first-order valence-electron chi connectivity index (χ1n) is 29.7. The van der Waals surface area contributed by atoms with Crippen molar-refractivity contribution in [2.75, 3.05) is 13.2 Å². The minimum atomic E-state index is -0.762. The first kappa shape index (κ1) is 64.4. The number of rotatable bonds is 54. The summed E-state index contributed by atoms with van der Waals surface area (Å²) in [5.74, 6) is 0.861. The molecule has 0 spiro atoms. The third-order valence-electron chi connectivity index (χ3n) is 13.7. The van der Waals surface area contributed by atoms with Crippen LogP contribution in [0.1, 0.15) is 336 Å². The molecule has 0 aliphatic carbocycles. The van der Waals surface area contributed by atoms with Crippen LogP contribution in [0.4, 0.5) is 0 Å². The smallest absolute Gasteiger partial charge is 0.306 e. The van der Waals surface area contributed by atoms with Crippen molar-refractivity contribution in [1.82, 2.24) is 0 Å². The van der Waals surface area contributed by atoms with E-state index in [1.54, 1.807) is 0 Å². The van der Waals surface area contributed by atoms with Gasteiger partial charge in [-0.25, -0.2) is 0 Å². The minimum absolute atomic E-state index is 0.0623. The minimum Gasteiger partial charge on any atom is -0.462 e. The van der Waals surface area contributed by atoms with Crippen molar-refractivity contribution in [2.45, 2.75) is 343 Å². The van der Waals surface area contributed by atoms with Crippen molar-refractivity contribution in [3.63, 3.8) is 0 Å². The maximum Gasteiger partial charge on any atom is 0.306 e. The Kier molecular flexibility index (Phi) is 51.5. The molecule has 6 nitrogen and oxygen atoms in total. The van der Waals surface area contributed by atoms with Gasteiger partial charge in [-0.3, -0.25) is 14.4 Å². The summed E-state index contributed by atoms with van der Waals surface area (Å²) < 4.78 is 16.9. The lowest BCUT2D eigenvalue weighted by Gasteiger charge is -2.18. The molecule has 66 heavy (non-hydrogen) atoms. The molecule has 0 radical (unpaired) electrons. The molecule has 0 amide bonds. The highest BCUT2D eigenvalue weighted by Gasteiger charge is 2.19. The van der Waals surface area contributed by atoms with Gasteiger partial charge >= 0.3 is 17.9 Å². The maximum atomic E-state index is 12.8. The third-order valence-corrected chi connectivity index (χ3v) is 13.7. The highest BCUT2D eigenvalue weighted by atomic mass is 16.6. The molecule has 0 aliphatic rings. The Labute approximate surface area is 412 Å². The van der Waals surface area contributed by atoms with Gasteiger partial charge in [-0.1, -0.05) is 298 Å². The Morgan fingerprint density at radius 3 is 0.742 bits per heavy atom. The molecule has 0 aromatic carbocycles. The topological polar surface area (TPSA) is 78.9 Å².